The average molecular weight is 282 g/mol. The highest BCUT2D eigenvalue weighted by Gasteiger charge is 2.40. The van der Waals surface area contributed by atoms with Gasteiger partial charge in [-0.15, -0.1) is 0 Å². The van der Waals surface area contributed by atoms with Gasteiger partial charge in [0.15, 0.2) is 0 Å². The smallest absolute Gasteiger partial charge is 0.309 e. The molecule has 0 heterocycles. The number of carbonyl (C=O) groups excluding carboxylic acids is 1. The molecule has 0 spiro atoms. The van der Waals surface area contributed by atoms with E-state index >= 15 is 0 Å². The number of hydrogen-bond donors (Lipinski definition) is 0. The molecule has 0 radical (unpaired) electrons. The van der Waals surface area contributed by atoms with E-state index < -0.39 is 0 Å². The van der Waals surface area contributed by atoms with E-state index in [2.05, 4.69) is 41.5 Å². The maximum atomic E-state index is 12.5. The first-order chi connectivity index (χ1) is 9.40. The highest BCUT2D eigenvalue weighted by atomic mass is 16.6. The maximum Gasteiger partial charge on any atom is 0.309 e. The molecule has 1 aliphatic rings. The van der Waals surface area contributed by atoms with Gasteiger partial charge in [-0.2, -0.15) is 0 Å². The van der Waals surface area contributed by atoms with Gasteiger partial charge in [0, 0.05) is 0 Å². The van der Waals surface area contributed by atoms with Crippen molar-refractivity contribution in [1.82, 2.24) is 0 Å². The van der Waals surface area contributed by atoms with Gasteiger partial charge in [0.1, 0.15) is 5.60 Å². The van der Waals surface area contributed by atoms with E-state index in [0.29, 0.717) is 11.8 Å². The fourth-order valence-electron chi connectivity index (χ4n) is 3.60. The zero-order chi connectivity index (χ0) is 15.3. The van der Waals surface area contributed by atoms with Crippen LogP contribution in [0.3, 0.4) is 0 Å². The van der Waals surface area contributed by atoms with E-state index in [1.807, 2.05) is 0 Å². The number of hydrogen-bond acceptors (Lipinski definition) is 2. The lowest BCUT2D eigenvalue weighted by Crippen LogP contribution is -2.35. The second-order valence-electron chi connectivity index (χ2n) is 6.94. The molecule has 1 rings (SSSR count). The lowest BCUT2D eigenvalue weighted by atomic mass is 9.83. The molecule has 0 aromatic heterocycles. The Morgan fingerprint density at radius 3 is 2.20 bits per heavy atom. The van der Waals surface area contributed by atoms with Gasteiger partial charge in [-0.1, -0.05) is 47.5 Å². The first kappa shape index (κ1) is 17.5. The summed E-state index contributed by atoms with van der Waals surface area (Å²) in [5.74, 6) is 2.11. The van der Waals surface area contributed by atoms with Crippen LogP contribution in [-0.2, 0) is 9.53 Å². The van der Waals surface area contributed by atoms with Crippen molar-refractivity contribution in [2.24, 2.45) is 23.7 Å². The molecule has 2 nitrogen and oxygen atoms in total. The van der Waals surface area contributed by atoms with Crippen LogP contribution in [0.2, 0.25) is 0 Å². The van der Waals surface area contributed by atoms with E-state index in [9.17, 15) is 4.79 Å². The van der Waals surface area contributed by atoms with Crippen molar-refractivity contribution in [2.75, 3.05) is 0 Å². The van der Waals surface area contributed by atoms with Crippen LogP contribution < -0.4 is 0 Å². The first-order valence-corrected chi connectivity index (χ1v) is 8.63. The number of rotatable bonds is 7. The van der Waals surface area contributed by atoms with Crippen LogP contribution in [0.4, 0.5) is 0 Å². The molecule has 1 aliphatic carbocycles. The second-order valence-corrected chi connectivity index (χ2v) is 6.94. The third kappa shape index (κ3) is 3.99. The minimum Gasteiger partial charge on any atom is -0.459 e. The Kier molecular flexibility index (Phi) is 6.54. The number of esters is 1. The Bertz CT molecular complexity index is 307. The highest BCUT2D eigenvalue weighted by molar-refractivity contribution is 5.73. The van der Waals surface area contributed by atoms with Crippen LogP contribution >= 0.6 is 0 Å². The van der Waals surface area contributed by atoms with Crippen molar-refractivity contribution >= 4 is 5.97 Å². The molecule has 0 aromatic carbocycles. The molecule has 1 saturated carbocycles. The van der Waals surface area contributed by atoms with Gasteiger partial charge < -0.3 is 4.74 Å². The Balaban J connectivity index is 2.68. The summed E-state index contributed by atoms with van der Waals surface area (Å²) in [5.41, 5.74) is -0.282. The van der Waals surface area contributed by atoms with E-state index in [1.54, 1.807) is 0 Å². The van der Waals surface area contributed by atoms with E-state index in [1.165, 1.54) is 25.7 Å². The van der Waals surface area contributed by atoms with Crippen LogP contribution in [0.5, 0.6) is 0 Å². The van der Waals surface area contributed by atoms with Crippen LogP contribution in [0.15, 0.2) is 0 Å². The Labute approximate surface area is 125 Å². The lowest BCUT2D eigenvalue weighted by molar-refractivity contribution is -0.165. The minimum atomic E-state index is -0.282. The summed E-state index contributed by atoms with van der Waals surface area (Å²) in [6.45, 7) is 12.9. The molecular weight excluding hydrogens is 248 g/mol. The number of carbonyl (C=O) groups is 1. The predicted octanol–water partition coefficient (Wildman–Crippen LogP) is 5.21. The average Bonchev–Trinajstić information content (AvgIpc) is 2.89. The molecular formula is C18H34O2. The topological polar surface area (TPSA) is 26.3 Å². The van der Waals surface area contributed by atoms with E-state index in [0.717, 1.165) is 18.8 Å². The molecule has 0 saturated heterocycles. The molecule has 4 unspecified atom stereocenters. The van der Waals surface area contributed by atoms with Crippen LogP contribution in [-0.4, -0.2) is 11.6 Å². The SMILES string of the molecule is CCC1CC(CC)C(C(C)C(=O)OC(C)(CC)CC)C1. The normalized spacial score (nSPS) is 28.4. The fourth-order valence-corrected chi connectivity index (χ4v) is 3.60. The molecule has 1 fully saturated rings. The zero-order valence-corrected chi connectivity index (χ0v) is 14.4. The van der Waals surface area contributed by atoms with Crippen molar-refractivity contribution in [3.8, 4) is 0 Å². The summed E-state index contributed by atoms with van der Waals surface area (Å²) in [6.07, 6.45) is 6.73. The zero-order valence-electron chi connectivity index (χ0n) is 14.4. The Hall–Kier alpha value is -0.530. The summed E-state index contributed by atoms with van der Waals surface area (Å²) >= 11 is 0. The Morgan fingerprint density at radius 1 is 1.15 bits per heavy atom. The largest absolute Gasteiger partial charge is 0.459 e. The quantitative estimate of drug-likeness (QED) is 0.599. The predicted molar refractivity (Wildman–Crippen MR) is 84.5 cm³/mol. The van der Waals surface area contributed by atoms with Crippen molar-refractivity contribution in [3.63, 3.8) is 0 Å². The summed E-state index contributed by atoms with van der Waals surface area (Å²) < 4.78 is 5.83. The van der Waals surface area contributed by atoms with Gasteiger partial charge >= 0.3 is 5.97 Å². The first-order valence-electron chi connectivity index (χ1n) is 8.63. The van der Waals surface area contributed by atoms with E-state index in [4.69, 9.17) is 4.74 Å². The summed E-state index contributed by atoms with van der Waals surface area (Å²) in [7, 11) is 0. The van der Waals surface area contributed by atoms with Crippen molar-refractivity contribution in [2.45, 2.75) is 85.7 Å². The molecule has 0 bridgehead atoms. The summed E-state index contributed by atoms with van der Waals surface area (Å²) in [6, 6.07) is 0. The lowest BCUT2D eigenvalue weighted by Gasteiger charge is -2.31. The van der Waals surface area contributed by atoms with Gasteiger partial charge in [-0.25, -0.2) is 0 Å². The van der Waals surface area contributed by atoms with Crippen molar-refractivity contribution in [3.05, 3.63) is 0 Å². The molecule has 0 amide bonds. The van der Waals surface area contributed by atoms with Crippen molar-refractivity contribution < 1.29 is 9.53 Å². The standard InChI is InChI=1S/C18H34O2/c1-7-14-11-15(8-2)16(12-14)13(5)17(19)20-18(6,9-3)10-4/h13-16H,7-12H2,1-6H3. The Morgan fingerprint density at radius 2 is 1.75 bits per heavy atom. The van der Waals surface area contributed by atoms with Crippen LogP contribution in [0.25, 0.3) is 0 Å². The van der Waals surface area contributed by atoms with E-state index in [-0.39, 0.29) is 17.5 Å². The van der Waals surface area contributed by atoms with Gasteiger partial charge in [-0.3, -0.25) is 4.79 Å². The molecule has 0 aliphatic heterocycles. The maximum absolute atomic E-state index is 12.5. The molecule has 0 N–H and O–H groups in total. The van der Waals surface area contributed by atoms with Crippen molar-refractivity contribution in [1.29, 1.82) is 0 Å². The summed E-state index contributed by atoms with van der Waals surface area (Å²) in [4.78, 5) is 12.5. The van der Waals surface area contributed by atoms with Gasteiger partial charge in [0.25, 0.3) is 0 Å². The van der Waals surface area contributed by atoms with Gasteiger partial charge in [0.05, 0.1) is 5.92 Å². The monoisotopic (exact) mass is 282 g/mol. The van der Waals surface area contributed by atoms with Crippen LogP contribution in [0, 0.1) is 23.7 Å². The molecule has 118 valence electrons. The molecule has 4 atom stereocenters. The number of ether oxygens (including phenoxy) is 1. The van der Waals surface area contributed by atoms with Crippen LogP contribution in [0.1, 0.15) is 80.1 Å². The third-order valence-corrected chi connectivity index (χ3v) is 5.81. The minimum absolute atomic E-state index is 0.0244. The van der Waals surface area contributed by atoms with Gasteiger partial charge in [0.2, 0.25) is 0 Å². The van der Waals surface area contributed by atoms with Gasteiger partial charge in [-0.05, 0) is 50.4 Å². The highest BCUT2D eigenvalue weighted by Crippen LogP contribution is 2.44. The molecule has 20 heavy (non-hydrogen) atoms. The third-order valence-electron chi connectivity index (χ3n) is 5.81. The molecule has 0 aromatic rings. The molecule has 2 heteroatoms. The fraction of sp³-hybridized carbons (Fsp3) is 0.944. The second kappa shape index (κ2) is 7.47. The summed E-state index contributed by atoms with van der Waals surface area (Å²) in [5, 5.41) is 0.